The third-order valence-electron chi connectivity index (χ3n) is 4.59. The fraction of sp³-hybridized carbons (Fsp3) is 0.364. The second-order valence-corrected chi connectivity index (χ2v) is 7.28. The van der Waals surface area contributed by atoms with Crippen LogP contribution in [-0.2, 0) is 22.4 Å². The predicted molar refractivity (Wildman–Crippen MR) is 105 cm³/mol. The fourth-order valence-corrected chi connectivity index (χ4v) is 3.33. The van der Waals surface area contributed by atoms with Gasteiger partial charge in [-0.05, 0) is 48.1 Å². The highest BCUT2D eigenvalue weighted by molar-refractivity contribution is 5.97. The molecule has 4 heteroatoms. The van der Waals surface area contributed by atoms with E-state index in [1.807, 2.05) is 53.4 Å². The number of nitrogens with zero attached hydrogens (tertiary/aromatic N) is 1. The Morgan fingerprint density at radius 3 is 2.62 bits per heavy atom. The Hall–Kier alpha value is -2.62. The quantitative estimate of drug-likeness (QED) is 0.849. The van der Waals surface area contributed by atoms with Crippen molar-refractivity contribution in [3.63, 3.8) is 0 Å². The number of hydrogen-bond donors (Lipinski definition) is 1. The summed E-state index contributed by atoms with van der Waals surface area (Å²) < 4.78 is 0. The Morgan fingerprint density at radius 2 is 1.88 bits per heavy atom. The fourth-order valence-electron chi connectivity index (χ4n) is 3.33. The minimum absolute atomic E-state index is 0.0136. The molecule has 1 heterocycles. The van der Waals surface area contributed by atoms with Crippen molar-refractivity contribution in [3.8, 4) is 0 Å². The van der Waals surface area contributed by atoms with Crippen molar-refractivity contribution in [2.75, 3.05) is 16.8 Å². The maximum absolute atomic E-state index is 12.2. The summed E-state index contributed by atoms with van der Waals surface area (Å²) in [6.07, 6.45) is 2.45. The zero-order valence-corrected chi connectivity index (χ0v) is 15.5. The van der Waals surface area contributed by atoms with Gasteiger partial charge >= 0.3 is 0 Å². The van der Waals surface area contributed by atoms with Crippen LogP contribution in [-0.4, -0.2) is 18.4 Å². The van der Waals surface area contributed by atoms with Gasteiger partial charge in [0.15, 0.2) is 0 Å². The maximum atomic E-state index is 12.2. The van der Waals surface area contributed by atoms with Crippen molar-refractivity contribution >= 4 is 23.2 Å². The number of anilines is 2. The number of carbonyl (C=O) groups excluding carboxylic acids is 2. The van der Waals surface area contributed by atoms with Crippen LogP contribution in [0.1, 0.15) is 37.8 Å². The summed E-state index contributed by atoms with van der Waals surface area (Å²) in [7, 11) is 0. The zero-order valence-electron chi connectivity index (χ0n) is 15.5. The smallest absolute Gasteiger partial charge is 0.227 e. The lowest BCUT2D eigenvalue weighted by atomic mass is 9.99. The van der Waals surface area contributed by atoms with Crippen LogP contribution in [0.3, 0.4) is 0 Å². The van der Waals surface area contributed by atoms with Crippen LogP contribution in [0.25, 0.3) is 0 Å². The molecule has 0 aromatic heterocycles. The van der Waals surface area contributed by atoms with E-state index in [2.05, 4.69) is 19.2 Å². The molecule has 2 aromatic carbocycles. The van der Waals surface area contributed by atoms with Crippen LogP contribution in [0.4, 0.5) is 11.4 Å². The lowest BCUT2D eigenvalue weighted by Crippen LogP contribution is -2.37. The summed E-state index contributed by atoms with van der Waals surface area (Å²) in [4.78, 5) is 26.4. The molecule has 0 fully saturated rings. The topological polar surface area (TPSA) is 49.4 Å². The Morgan fingerprint density at radius 1 is 1.12 bits per heavy atom. The van der Waals surface area contributed by atoms with E-state index in [0.717, 1.165) is 41.9 Å². The highest BCUT2D eigenvalue weighted by Gasteiger charge is 2.24. The van der Waals surface area contributed by atoms with Gasteiger partial charge in [0.05, 0.1) is 0 Å². The molecule has 2 aromatic rings. The van der Waals surface area contributed by atoms with E-state index in [1.54, 1.807) is 0 Å². The van der Waals surface area contributed by atoms with E-state index in [4.69, 9.17) is 0 Å². The third-order valence-corrected chi connectivity index (χ3v) is 4.59. The van der Waals surface area contributed by atoms with Crippen molar-refractivity contribution in [1.29, 1.82) is 0 Å². The molecule has 1 aliphatic rings. The van der Waals surface area contributed by atoms with Gasteiger partial charge in [-0.25, -0.2) is 0 Å². The molecule has 26 heavy (non-hydrogen) atoms. The molecule has 0 spiro atoms. The van der Waals surface area contributed by atoms with Gasteiger partial charge < -0.3 is 10.2 Å². The Kier molecular flexibility index (Phi) is 5.71. The number of hydrogen-bond acceptors (Lipinski definition) is 2. The van der Waals surface area contributed by atoms with Crippen LogP contribution < -0.4 is 10.2 Å². The molecule has 0 atom stereocenters. The van der Waals surface area contributed by atoms with Crippen LogP contribution in [0.2, 0.25) is 0 Å². The van der Waals surface area contributed by atoms with E-state index < -0.39 is 0 Å². The number of fused-ring (bicyclic) bond motifs is 1. The maximum Gasteiger partial charge on any atom is 0.227 e. The Balaban J connectivity index is 1.65. The average molecular weight is 350 g/mol. The number of rotatable bonds is 6. The first-order chi connectivity index (χ1) is 12.5. The largest absolute Gasteiger partial charge is 0.326 e. The number of amides is 2. The lowest BCUT2D eigenvalue weighted by molar-refractivity contribution is -0.119. The van der Waals surface area contributed by atoms with Crippen molar-refractivity contribution in [2.24, 2.45) is 5.92 Å². The highest BCUT2D eigenvalue weighted by Crippen LogP contribution is 2.31. The first-order valence-corrected chi connectivity index (χ1v) is 9.30. The standard InChI is InChI=1S/C22H26N2O2/c1-16(2)15-24-20-11-10-19(14-18(20)9-13-22(24)26)23-21(25)12-8-17-6-4-3-5-7-17/h3-7,10-11,14,16H,8-9,12-13,15H2,1-2H3,(H,23,25). The van der Waals surface area contributed by atoms with Crippen LogP contribution in [0.5, 0.6) is 0 Å². The second-order valence-electron chi connectivity index (χ2n) is 7.28. The number of benzene rings is 2. The summed E-state index contributed by atoms with van der Waals surface area (Å²) in [6, 6.07) is 15.9. The first-order valence-electron chi connectivity index (χ1n) is 9.30. The summed E-state index contributed by atoms with van der Waals surface area (Å²) >= 11 is 0. The van der Waals surface area contributed by atoms with Crippen molar-refractivity contribution in [3.05, 3.63) is 59.7 Å². The molecule has 0 saturated heterocycles. The van der Waals surface area contributed by atoms with Crippen molar-refractivity contribution in [1.82, 2.24) is 0 Å². The van der Waals surface area contributed by atoms with Gasteiger partial charge in [-0.3, -0.25) is 9.59 Å². The van der Waals surface area contributed by atoms with Gasteiger partial charge in [0.2, 0.25) is 11.8 Å². The lowest BCUT2D eigenvalue weighted by Gasteiger charge is -2.31. The second kappa shape index (κ2) is 8.17. The molecule has 0 aliphatic carbocycles. The number of nitrogens with one attached hydrogen (secondary N) is 1. The Bertz CT molecular complexity index is 784. The molecule has 0 unspecified atom stereocenters. The molecule has 3 rings (SSSR count). The molecule has 0 saturated carbocycles. The predicted octanol–water partition coefficient (Wildman–Crippen LogP) is 4.19. The SMILES string of the molecule is CC(C)CN1C(=O)CCc2cc(NC(=O)CCc3ccccc3)ccc21. The Labute approximate surface area is 155 Å². The van der Waals surface area contributed by atoms with E-state index in [1.165, 1.54) is 0 Å². The summed E-state index contributed by atoms with van der Waals surface area (Å²) in [5, 5.41) is 2.99. The normalized spacial score (nSPS) is 13.7. The molecule has 136 valence electrons. The minimum Gasteiger partial charge on any atom is -0.326 e. The molecule has 0 bridgehead atoms. The van der Waals surface area contributed by atoms with Crippen LogP contribution >= 0.6 is 0 Å². The van der Waals surface area contributed by atoms with Crippen LogP contribution in [0, 0.1) is 5.92 Å². The zero-order chi connectivity index (χ0) is 18.5. The van der Waals surface area contributed by atoms with Gasteiger partial charge in [-0.1, -0.05) is 44.2 Å². The van der Waals surface area contributed by atoms with Gasteiger partial charge in [-0.2, -0.15) is 0 Å². The molecule has 4 nitrogen and oxygen atoms in total. The van der Waals surface area contributed by atoms with Crippen molar-refractivity contribution < 1.29 is 9.59 Å². The monoisotopic (exact) mass is 350 g/mol. The molecule has 1 N–H and O–H groups in total. The summed E-state index contributed by atoms with van der Waals surface area (Å²) in [6.45, 7) is 4.96. The molecular weight excluding hydrogens is 324 g/mol. The molecule has 2 amide bonds. The summed E-state index contributed by atoms with van der Waals surface area (Å²) in [5.74, 6) is 0.618. The van der Waals surface area contributed by atoms with E-state index >= 15 is 0 Å². The van der Waals surface area contributed by atoms with Crippen molar-refractivity contribution in [2.45, 2.75) is 39.5 Å². The molecule has 1 aliphatic heterocycles. The summed E-state index contributed by atoms with van der Waals surface area (Å²) in [5.41, 5.74) is 4.08. The third kappa shape index (κ3) is 4.51. The highest BCUT2D eigenvalue weighted by atomic mass is 16.2. The van der Waals surface area contributed by atoms with E-state index in [9.17, 15) is 9.59 Å². The van der Waals surface area contributed by atoms with Gasteiger partial charge in [0, 0.05) is 30.8 Å². The number of aryl methyl sites for hydroxylation is 2. The average Bonchev–Trinajstić information content (AvgIpc) is 2.63. The van der Waals surface area contributed by atoms with Gasteiger partial charge in [0.1, 0.15) is 0 Å². The van der Waals surface area contributed by atoms with Gasteiger partial charge in [-0.15, -0.1) is 0 Å². The molecular formula is C22H26N2O2. The van der Waals surface area contributed by atoms with Crippen LogP contribution in [0.15, 0.2) is 48.5 Å². The minimum atomic E-state index is 0.0136. The van der Waals surface area contributed by atoms with Gasteiger partial charge in [0.25, 0.3) is 0 Å². The van der Waals surface area contributed by atoms with E-state index in [-0.39, 0.29) is 11.8 Å². The molecule has 0 radical (unpaired) electrons. The number of carbonyl (C=O) groups is 2. The first kappa shape index (κ1) is 18.2. The van der Waals surface area contributed by atoms with E-state index in [0.29, 0.717) is 18.8 Å².